The lowest BCUT2D eigenvalue weighted by atomic mass is 10.2. The molecule has 1 saturated heterocycles. The summed E-state index contributed by atoms with van der Waals surface area (Å²) in [7, 11) is 0. The third-order valence-electron chi connectivity index (χ3n) is 3.12. The smallest absolute Gasteiger partial charge is 0.178 e. The molecule has 1 fully saturated rings. The zero-order valence-corrected chi connectivity index (χ0v) is 9.96. The van der Waals surface area contributed by atoms with Gasteiger partial charge in [-0.3, -0.25) is 0 Å². The van der Waals surface area contributed by atoms with Crippen LogP contribution in [-0.2, 0) is 4.74 Å². The van der Waals surface area contributed by atoms with Crippen LogP contribution in [0.15, 0.2) is 18.2 Å². The Morgan fingerprint density at radius 1 is 1.53 bits per heavy atom. The summed E-state index contributed by atoms with van der Waals surface area (Å²) in [6.45, 7) is 1.47. The van der Waals surface area contributed by atoms with Crippen LogP contribution in [0.2, 0.25) is 0 Å². The van der Waals surface area contributed by atoms with Crippen molar-refractivity contribution in [3.8, 4) is 6.07 Å². The first-order valence-corrected chi connectivity index (χ1v) is 5.92. The Morgan fingerprint density at radius 3 is 3.12 bits per heavy atom. The zero-order chi connectivity index (χ0) is 11.8. The molecule has 1 unspecified atom stereocenters. The molecule has 0 aliphatic carbocycles. The van der Waals surface area contributed by atoms with E-state index in [1.54, 1.807) is 6.07 Å². The number of benzene rings is 1. The standard InChI is InChI=1S/C12H11N3OS/c13-6-8-1-2-10-11(5-8)15(12(17)14-10)9-3-4-16-7-9/h1-2,5,9H,3-4,7H2,(H,14,17). The van der Waals surface area contributed by atoms with E-state index in [9.17, 15) is 0 Å². The molecule has 4 nitrogen and oxygen atoms in total. The molecule has 0 radical (unpaired) electrons. The highest BCUT2D eigenvalue weighted by atomic mass is 32.1. The average molecular weight is 245 g/mol. The van der Waals surface area contributed by atoms with Crippen LogP contribution < -0.4 is 0 Å². The van der Waals surface area contributed by atoms with E-state index in [-0.39, 0.29) is 6.04 Å². The summed E-state index contributed by atoms with van der Waals surface area (Å²) >= 11 is 5.34. The number of H-pyrrole nitrogens is 1. The lowest BCUT2D eigenvalue weighted by Crippen LogP contribution is -2.08. The van der Waals surface area contributed by atoms with Gasteiger partial charge in [0.1, 0.15) is 0 Å². The second-order valence-electron chi connectivity index (χ2n) is 4.16. The van der Waals surface area contributed by atoms with Gasteiger partial charge in [-0.05, 0) is 36.8 Å². The third-order valence-corrected chi connectivity index (χ3v) is 3.42. The summed E-state index contributed by atoms with van der Waals surface area (Å²) in [4.78, 5) is 3.17. The highest BCUT2D eigenvalue weighted by Gasteiger charge is 2.20. The van der Waals surface area contributed by atoms with Gasteiger partial charge in [0.15, 0.2) is 4.77 Å². The van der Waals surface area contributed by atoms with Gasteiger partial charge in [-0.25, -0.2) is 0 Å². The molecule has 86 valence electrons. The summed E-state index contributed by atoms with van der Waals surface area (Å²) in [5.74, 6) is 0. The number of aromatic nitrogens is 2. The van der Waals surface area contributed by atoms with Crippen molar-refractivity contribution in [2.24, 2.45) is 0 Å². The van der Waals surface area contributed by atoms with Crippen molar-refractivity contribution in [3.05, 3.63) is 28.5 Å². The van der Waals surface area contributed by atoms with Gasteiger partial charge in [0.05, 0.1) is 35.3 Å². The van der Waals surface area contributed by atoms with E-state index < -0.39 is 0 Å². The molecule has 1 aromatic carbocycles. The minimum absolute atomic E-state index is 0.283. The van der Waals surface area contributed by atoms with Crippen LogP contribution in [-0.4, -0.2) is 22.8 Å². The Kier molecular flexibility index (Phi) is 2.46. The number of ether oxygens (including phenoxy) is 1. The predicted molar refractivity (Wildman–Crippen MR) is 66.3 cm³/mol. The van der Waals surface area contributed by atoms with E-state index in [0.717, 1.165) is 24.1 Å². The van der Waals surface area contributed by atoms with Crippen LogP contribution >= 0.6 is 12.2 Å². The molecule has 1 aromatic heterocycles. The molecule has 0 bridgehead atoms. The van der Waals surface area contributed by atoms with E-state index >= 15 is 0 Å². The Bertz CT molecular complexity index is 658. The molecule has 5 heteroatoms. The molecule has 1 N–H and O–H groups in total. The highest BCUT2D eigenvalue weighted by Crippen LogP contribution is 2.25. The SMILES string of the molecule is N#Cc1ccc2[nH]c(=S)n(C3CCOC3)c2c1. The highest BCUT2D eigenvalue weighted by molar-refractivity contribution is 7.71. The molecule has 3 rings (SSSR count). The second-order valence-corrected chi connectivity index (χ2v) is 4.55. The molecule has 1 aliphatic heterocycles. The summed E-state index contributed by atoms with van der Waals surface area (Å²) in [6, 6.07) is 8.00. The Morgan fingerprint density at radius 2 is 2.41 bits per heavy atom. The number of hydrogen-bond donors (Lipinski definition) is 1. The third kappa shape index (κ3) is 1.66. The summed E-state index contributed by atoms with van der Waals surface area (Å²) in [6.07, 6.45) is 0.970. The van der Waals surface area contributed by atoms with Gasteiger partial charge in [0.2, 0.25) is 0 Å². The number of rotatable bonds is 1. The normalized spacial score (nSPS) is 19.6. The van der Waals surface area contributed by atoms with E-state index in [1.807, 2.05) is 12.1 Å². The Hall–Kier alpha value is -1.64. The molecule has 0 amide bonds. The van der Waals surface area contributed by atoms with Crippen molar-refractivity contribution in [2.45, 2.75) is 12.5 Å². The van der Waals surface area contributed by atoms with Crippen LogP contribution in [0.3, 0.4) is 0 Å². The maximum atomic E-state index is 8.94. The zero-order valence-electron chi connectivity index (χ0n) is 9.14. The van der Waals surface area contributed by atoms with Crippen LogP contribution in [0.4, 0.5) is 0 Å². The maximum absolute atomic E-state index is 8.94. The van der Waals surface area contributed by atoms with Gasteiger partial charge in [-0.15, -0.1) is 0 Å². The minimum Gasteiger partial charge on any atom is -0.379 e. The van der Waals surface area contributed by atoms with E-state index in [4.69, 9.17) is 22.2 Å². The summed E-state index contributed by atoms with van der Waals surface area (Å²) < 4.78 is 8.16. The molecular formula is C12H11N3OS. The summed E-state index contributed by atoms with van der Waals surface area (Å²) in [5, 5.41) is 8.94. The number of nitriles is 1. The van der Waals surface area contributed by atoms with Gasteiger partial charge < -0.3 is 14.3 Å². The van der Waals surface area contributed by atoms with Gasteiger partial charge in [0, 0.05) is 6.61 Å². The van der Waals surface area contributed by atoms with Gasteiger partial charge in [-0.2, -0.15) is 5.26 Å². The lowest BCUT2D eigenvalue weighted by molar-refractivity contribution is 0.187. The molecule has 17 heavy (non-hydrogen) atoms. The van der Waals surface area contributed by atoms with E-state index in [2.05, 4.69) is 15.6 Å². The molecular weight excluding hydrogens is 234 g/mol. The Balaban J connectivity index is 2.25. The second kappa shape index (κ2) is 3.99. The fraction of sp³-hybridized carbons (Fsp3) is 0.333. The first kappa shape index (κ1) is 10.5. The molecule has 0 spiro atoms. The predicted octanol–water partition coefficient (Wildman–Crippen LogP) is 2.53. The average Bonchev–Trinajstić information content (AvgIpc) is 2.93. The van der Waals surface area contributed by atoms with Gasteiger partial charge in [0.25, 0.3) is 0 Å². The number of hydrogen-bond acceptors (Lipinski definition) is 3. The van der Waals surface area contributed by atoms with Crippen molar-refractivity contribution in [2.75, 3.05) is 13.2 Å². The van der Waals surface area contributed by atoms with Gasteiger partial charge in [-0.1, -0.05) is 0 Å². The minimum atomic E-state index is 0.283. The molecule has 2 heterocycles. The fourth-order valence-corrected chi connectivity index (χ4v) is 2.64. The fourth-order valence-electron chi connectivity index (χ4n) is 2.28. The van der Waals surface area contributed by atoms with Crippen LogP contribution in [0.1, 0.15) is 18.0 Å². The molecule has 0 saturated carbocycles. The van der Waals surface area contributed by atoms with Crippen molar-refractivity contribution in [3.63, 3.8) is 0 Å². The van der Waals surface area contributed by atoms with Crippen molar-refractivity contribution < 1.29 is 4.74 Å². The number of nitrogens with one attached hydrogen (secondary N) is 1. The van der Waals surface area contributed by atoms with Crippen molar-refractivity contribution >= 4 is 23.3 Å². The molecule has 1 aliphatic rings. The quantitative estimate of drug-likeness (QED) is 0.785. The van der Waals surface area contributed by atoms with E-state index in [1.165, 1.54) is 0 Å². The maximum Gasteiger partial charge on any atom is 0.178 e. The van der Waals surface area contributed by atoms with Gasteiger partial charge >= 0.3 is 0 Å². The lowest BCUT2D eigenvalue weighted by Gasteiger charge is -2.10. The Labute approximate surface area is 103 Å². The molecule has 2 aromatic rings. The topological polar surface area (TPSA) is 53.7 Å². The van der Waals surface area contributed by atoms with Crippen LogP contribution in [0.5, 0.6) is 0 Å². The number of nitrogens with zero attached hydrogens (tertiary/aromatic N) is 2. The van der Waals surface area contributed by atoms with E-state index in [0.29, 0.717) is 16.9 Å². The number of imidazole rings is 1. The molecule has 1 atom stereocenters. The monoisotopic (exact) mass is 245 g/mol. The van der Waals surface area contributed by atoms with Crippen LogP contribution in [0, 0.1) is 16.1 Å². The first-order valence-electron chi connectivity index (χ1n) is 5.52. The largest absolute Gasteiger partial charge is 0.379 e. The van der Waals surface area contributed by atoms with Crippen LogP contribution in [0.25, 0.3) is 11.0 Å². The van der Waals surface area contributed by atoms with Crippen molar-refractivity contribution in [1.82, 2.24) is 9.55 Å². The summed E-state index contributed by atoms with van der Waals surface area (Å²) in [5.41, 5.74) is 2.62. The van der Waals surface area contributed by atoms with Crippen molar-refractivity contribution in [1.29, 1.82) is 5.26 Å². The number of aromatic amines is 1. The number of fused-ring (bicyclic) bond motifs is 1. The first-order chi connectivity index (χ1) is 8.29.